The highest BCUT2D eigenvalue weighted by Gasteiger charge is 2.35. The molecule has 3 aromatic carbocycles. The molecule has 196 valence electrons. The van der Waals surface area contributed by atoms with E-state index in [0.29, 0.717) is 22.8 Å². The average molecular weight is 524 g/mol. The molecule has 0 unspecified atom stereocenters. The van der Waals surface area contributed by atoms with Gasteiger partial charge >= 0.3 is 0 Å². The van der Waals surface area contributed by atoms with Gasteiger partial charge in [0.2, 0.25) is 11.8 Å². The van der Waals surface area contributed by atoms with E-state index in [1.807, 2.05) is 56.3 Å². The number of anilines is 1. The van der Waals surface area contributed by atoms with Crippen LogP contribution in [0.1, 0.15) is 39.2 Å². The number of methoxy groups -OCH3 is 1. The molecule has 0 bridgehead atoms. The number of carbonyl (C=O) groups is 2. The van der Waals surface area contributed by atoms with Crippen LogP contribution in [0.2, 0.25) is 0 Å². The highest BCUT2D eigenvalue weighted by molar-refractivity contribution is 7.93. The first-order chi connectivity index (χ1) is 17.6. The van der Waals surface area contributed by atoms with E-state index in [9.17, 15) is 18.0 Å². The summed E-state index contributed by atoms with van der Waals surface area (Å²) in [5.41, 5.74) is 1.47. The Morgan fingerprint density at radius 1 is 1.03 bits per heavy atom. The molecule has 1 aliphatic rings. The molecule has 1 atom stereocenters. The lowest BCUT2D eigenvalue weighted by atomic mass is 10.1. The summed E-state index contributed by atoms with van der Waals surface area (Å²) in [6.07, 6.45) is 0.414. The van der Waals surface area contributed by atoms with Crippen molar-refractivity contribution in [2.24, 2.45) is 0 Å². The summed E-state index contributed by atoms with van der Waals surface area (Å²) in [7, 11) is -2.11. The van der Waals surface area contributed by atoms with Crippen LogP contribution in [-0.2, 0) is 26.2 Å². The molecule has 4 rings (SSSR count). The maximum Gasteiger partial charge on any atom is 0.265 e. The van der Waals surface area contributed by atoms with Crippen LogP contribution >= 0.6 is 0 Å². The number of carbonyl (C=O) groups excluding carboxylic acids is 2. The number of hydrogen-bond acceptors (Lipinski definition) is 5. The van der Waals surface area contributed by atoms with Crippen molar-refractivity contribution in [2.75, 3.05) is 18.0 Å². The zero-order chi connectivity index (χ0) is 26.7. The van der Waals surface area contributed by atoms with Crippen LogP contribution in [0.15, 0.2) is 65.6 Å². The molecule has 9 heteroatoms. The molecule has 0 radical (unpaired) electrons. The van der Waals surface area contributed by atoms with Crippen LogP contribution < -0.4 is 14.4 Å². The fourth-order valence-electron chi connectivity index (χ4n) is 4.67. The molecule has 0 saturated heterocycles. The van der Waals surface area contributed by atoms with Crippen molar-refractivity contribution in [3.05, 3.63) is 66.2 Å². The Labute approximate surface area is 218 Å². The number of sulfonamides is 1. The Bertz CT molecular complexity index is 1420. The van der Waals surface area contributed by atoms with Gasteiger partial charge in [-0.25, -0.2) is 8.42 Å². The Balaban J connectivity index is 1.50. The Morgan fingerprint density at radius 2 is 1.73 bits per heavy atom. The first kappa shape index (κ1) is 26.5. The van der Waals surface area contributed by atoms with Gasteiger partial charge in [-0.05, 0) is 62.4 Å². The van der Waals surface area contributed by atoms with Gasteiger partial charge in [-0.15, -0.1) is 0 Å². The molecule has 1 N–H and O–H groups in total. The topological polar surface area (TPSA) is 96.0 Å². The molecule has 0 fully saturated rings. The average Bonchev–Trinajstić information content (AvgIpc) is 3.09. The SMILES string of the molecule is COc1cccc(CN(C(=O)CCCN2c3cccc4cccc(c34)S2(=O)=O)[C@H](C)C(=O)NC(C)C)c1. The number of ether oxygens (including phenoxy) is 1. The van der Waals surface area contributed by atoms with Crippen molar-refractivity contribution >= 4 is 38.3 Å². The van der Waals surface area contributed by atoms with Gasteiger partial charge in [0.25, 0.3) is 10.0 Å². The molecule has 3 aromatic rings. The zero-order valence-electron chi connectivity index (χ0n) is 21.6. The van der Waals surface area contributed by atoms with E-state index in [2.05, 4.69) is 5.32 Å². The van der Waals surface area contributed by atoms with Crippen LogP contribution in [0.5, 0.6) is 5.75 Å². The number of nitrogens with zero attached hydrogens (tertiary/aromatic N) is 2. The number of rotatable bonds is 10. The van der Waals surface area contributed by atoms with Crippen molar-refractivity contribution in [2.45, 2.75) is 57.1 Å². The second kappa shape index (κ2) is 10.8. The Kier molecular flexibility index (Phi) is 7.73. The summed E-state index contributed by atoms with van der Waals surface area (Å²) in [5, 5.41) is 4.46. The molecule has 2 amide bonds. The molecular weight excluding hydrogens is 490 g/mol. The normalized spacial score (nSPS) is 14.6. The predicted molar refractivity (Wildman–Crippen MR) is 144 cm³/mol. The number of benzene rings is 3. The van der Waals surface area contributed by atoms with E-state index in [-0.39, 0.29) is 37.4 Å². The lowest BCUT2D eigenvalue weighted by Gasteiger charge is -2.30. The van der Waals surface area contributed by atoms with Gasteiger partial charge in [0, 0.05) is 30.9 Å². The minimum absolute atomic E-state index is 0.0616. The Morgan fingerprint density at radius 3 is 2.43 bits per heavy atom. The molecular formula is C28H33N3O5S. The molecule has 0 aromatic heterocycles. The third kappa shape index (κ3) is 5.41. The zero-order valence-corrected chi connectivity index (χ0v) is 22.4. The van der Waals surface area contributed by atoms with Crippen molar-refractivity contribution in [3.63, 3.8) is 0 Å². The molecule has 0 spiro atoms. The molecule has 8 nitrogen and oxygen atoms in total. The lowest BCUT2D eigenvalue weighted by molar-refractivity contribution is -0.140. The van der Waals surface area contributed by atoms with Gasteiger partial charge in [-0.2, -0.15) is 0 Å². The molecule has 0 saturated carbocycles. The van der Waals surface area contributed by atoms with Crippen LogP contribution in [-0.4, -0.2) is 50.9 Å². The van der Waals surface area contributed by atoms with E-state index in [4.69, 9.17) is 4.74 Å². The second-order valence-corrected chi connectivity index (χ2v) is 11.4. The molecule has 1 aliphatic heterocycles. The maximum absolute atomic E-state index is 13.4. The molecule has 1 heterocycles. The number of nitrogens with one attached hydrogen (secondary N) is 1. The maximum atomic E-state index is 13.4. The molecule has 0 aliphatic carbocycles. The number of amides is 2. The summed E-state index contributed by atoms with van der Waals surface area (Å²) in [4.78, 5) is 28.1. The largest absolute Gasteiger partial charge is 0.497 e. The fourth-order valence-corrected chi connectivity index (χ4v) is 6.42. The minimum atomic E-state index is -3.69. The van der Waals surface area contributed by atoms with Crippen molar-refractivity contribution in [1.29, 1.82) is 0 Å². The van der Waals surface area contributed by atoms with Gasteiger partial charge in [-0.3, -0.25) is 13.9 Å². The van der Waals surface area contributed by atoms with Gasteiger partial charge in [0.15, 0.2) is 0 Å². The predicted octanol–water partition coefficient (Wildman–Crippen LogP) is 4.08. The fraction of sp³-hybridized carbons (Fsp3) is 0.357. The summed E-state index contributed by atoms with van der Waals surface area (Å²) in [5.74, 6) is 0.203. The van der Waals surface area contributed by atoms with E-state index in [0.717, 1.165) is 16.3 Å². The van der Waals surface area contributed by atoms with Crippen LogP contribution in [0.4, 0.5) is 5.69 Å². The van der Waals surface area contributed by atoms with E-state index in [1.54, 1.807) is 37.1 Å². The number of hydrogen-bond donors (Lipinski definition) is 1. The van der Waals surface area contributed by atoms with E-state index >= 15 is 0 Å². The monoisotopic (exact) mass is 523 g/mol. The highest BCUT2D eigenvalue weighted by Crippen LogP contribution is 2.42. The van der Waals surface area contributed by atoms with E-state index in [1.165, 1.54) is 4.31 Å². The van der Waals surface area contributed by atoms with Crippen LogP contribution in [0.25, 0.3) is 10.8 Å². The van der Waals surface area contributed by atoms with E-state index < -0.39 is 16.1 Å². The summed E-state index contributed by atoms with van der Waals surface area (Å²) in [6, 6.07) is 17.4. The van der Waals surface area contributed by atoms with Crippen molar-refractivity contribution in [3.8, 4) is 5.75 Å². The van der Waals surface area contributed by atoms with Gasteiger partial charge in [0.05, 0.1) is 17.7 Å². The van der Waals surface area contributed by atoms with Crippen LogP contribution in [0.3, 0.4) is 0 Å². The third-order valence-electron chi connectivity index (χ3n) is 6.52. The van der Waals surface area contributed by atoms with Gasteiger partial charge in [-0.1, -0.05) is 36.4 Å². The lowest BCUT2D eigenvalue weighted by Crippen LogP contribution is -2.49. The second-order valence-electron chi connectivity index (χ2n) is 9.52. The van der Waals surface area contributed by atoms with Gasteiger partial charge in [0.1, 0.15) is 11.8 Å². The first-order valence-corrected chi connectivity index (χ1v) is 13.8. The minimum Gasteiger partial charge on any atom is -0.497 e. The summed E-state index contributed by atoms with van der Waals surface area (Å²) in [6.45, 7) is 5.84. The Hall–Kier alpha value is -3.59. The highest BCUT2D eigenvalue weighted by atomic mass is 32.2. The smallest absolute Gasteiger partial charge is 0.265 e. The summed E-state index contributed by atoms with van der Waals surface area (Å²) >= 11 is 0. The first-order valence-electron chi connectivity index (χ1n) is 12.4. The summed E-state index contributed by atoms with van der Waals surface area (Å²) < 4.78 is 33.2. The van der Waals surface area contributed by atoms with Crippen molar-refractivity contribution in [1.82, 2.24) is 10.2 Å². The third-order valence-corrected chi connectivity index (χ3v) is 8.37. The molecule has 37 heavy (non-hydrogen) atoms. The van der Waals surface area contributed by atoms with Gasteiger partial charge < -0.3 is 15.0 Å². The quantitative estimate of drug-likeness (QED) is 0.432. The van der Waals surface area contributed by atoms with Crippen LogP contribution in [0, 0.1) is 0 Å². The standard InChI is InChI=1S/C28H33N3O5S/c1-19(2)29-28(33)20(3)30(18-21-9-5-12-23(17-21)36-4)26(32)15-8-16-31-24-13-6-10-22-11-7-14-25(27(22)24)37(31,34)35/h5-7,9-14,17,19-20H,8,15-16,18H2,1-4H3,(H,29,33)/t20-/m1/s1. The van der Waals surface area contributed by atoms with Crippen molar-refractivity contribution < 1.29 is 22.7 Å².